The van der Waals surface area contributed by atoms with Crippen molar-refractivity contribution in [2.75, 3.05) is 7.11 Å². The lowest BCUT2D eigenvalue weighted by Crippen LogP contribution is -2.05. The van der Waals surface area contributed by atoms with Crippen molar-refractivity contribution < 1.29 is 22.7 Å². The zero-order valence-corrected chi connectivity index (χ0v) is 14.1. The summed E-state index contributed by atoms with van der Waals surface area (Å²) in [6.07, 6.45) is -1.12. The number of rotatable bonds is 2. The normalized spacial score (nSPS) is 11.9. The van der Waals surface area contributed by atoms with Gasteiger partial charge in [0.2, 0.25) is 0 Å². The number of aromatic nitrogens is 2. The van der Waals surface area contributed by atoms with Gasteiger partial charge in [-0.05, 0) is 48.5 Å². The molecule has 0 radical (unpaired) electrons. The monoisotopic (exact) mass is 370 g/mol. The van der Waals surface area contributed by atoms with Crippen LogP contribution in [0.2, 0.25) is 0 Å². The summed E-state index contributed by atoms with van der Waals surface area (Å²) in [7, 11) is 1.31. The molecule has 0 bridgehead atoms. The second kappa shape index (κ2) is 6.12. The molecular weight excluding hydrogens is 357 g/mol. The van der Waals surface area contributed by atoms with Crippen molar-refractivity contribution in [1.82, 2.24) is 9.55 Å². The van der Waals surface area contributed by atoms with Crippen LogP contribution >= 0.6 is 0 Å². The summed E-state index contributed by atoms with van der Waals surface area (Å²) >= 11 is 0. The third-order valence-electron chi connectivity index (χ3n) is 4.44. The summed E-state index contributed by atoms with van der Waals surface area (Å²) in [5.41, 5.74) is 1.74. The molecule has 0 unspecified atom stereocenters. The Kier molecular flexibility index (Phi) is 3.87. The van der Waals surface area contributed by atoms with Gasteiger partial charge in [-0.1, -0.05) is 0 Å². The Balaban J connectivity index is 1.98. The van der Waals surface area contributed by atoms with Crippen LogP contribution in [0.5, 0.6) is 0 Å². The van der Waals surface area contributed by atoms with Crippen molar-refractivity contribution in [3.8, 4) is 5.69 Å². The Morgan fingerprint density at radius 1 is 1.00 bits per heavy atom. The summed E-state index contributed by atoms with van der Waals surface area (Å²) < 4.78 is 45.2. The highest BCUT2D eigenvalue weighted by Crippen LogP contribution is 2.34. The van der Waals surface area contributed by atoms with E-state index in [0.717, 1.165) is 33.9 Å². The minimum Gasteiger partial charge on any atom is -0.465 e. The van der Waals surface area contributed by atoms with Gasteiger partial charge in [0.05, 0.1) is 35.5 Å². The zero-order valence-electron chi connectivity index (χ0n) is 14.1. The van der Waals surface area contributed by atoms with Gasteiger partial charge in [0.15, 0.2) is 0 Å². The molecule has 2 aromatic heterocycles. The lowest BCUT2D eigenvalue weighted by atomic mass is 10.1. The van der Waals surface area contributed by atoms with E-state index in [1.165, 1.54) is 19.2 Å². The number of alkyl halides is 3. The van der Waals surface area contributed by atoms with Crippen LogP contribution in [0.25, 0.3) is 27.5 Å². The topological polar surface area (TPSA) is 44.1 Å². The van der Waals surface area contributed by atoms with Crippen LogP contribution < -0.4 is 0 Å². The highest BCUT2D eigenvalue weighted by atomic mass is 19.4. The molecule has 4 nitrogen and oxygen atoms in total. The van der Waals surface area contributed by atoms with Gasteiger partial charge < -0.3 is 9.30 Å². The molecule has 0 aliphatic rings. The zero-order chi connectivity index (χ0) is 19.2. The van der Waals surface area contributed by atoms with Crippen LogP contribution in [0, 0.1) is 0 Å². The molecule has 0 atom stereocenters. The molecule has 7 heteroatoms. The number of pyridine rings is 1. The molecule has 0 N–H and O–H groups in total. The van der Waals surface area contributed by atoms with Crippen LogP contribution in [-0.4, -0.2) is 22.6 Å². The largest absolute Gasteiger partial charge is 0.465 e. The summed E-state index contributed by atoms with van der Waals surface area (Å²) in [6, 6.07) is 11.8. The number of hydrogen-bond acceptors (Lipinski definition) is 3. The maximum atomic E-state index is 12.9. The average Bonchev–Trinajstić information content (AvgIpc) is 3.00. The third-order valence-corrected chi connectivity index (χ3v) is 4.44. The maximum Gasteiger partial charge on any atom is 0.416 e. The molecule has 0 aliphatic heterocycles. The van der Waals surface area contributed by atoms with Crippen molar-refractivity contribution in [3.63, 3.8) is 0 Å². The first-order valence-electron chi connectivity index (χ1n) is 8.04. The van der Waals surface area contributed by atoms with Crippen LogP contribution in [0.1, 0.15) is 15.9 Å². The average molecular weight is 370 g/mol. The number of esters is 1. The number of benzene rings is 2. The fourth-order valence-corrected chi connectivity index (χ4v) is 3.19. The summed E-state index contributed by atoms with van der Waals surface area (Å²) in [4.78, 5) is 16.0. The lowest BCUT2D eigenvalue weighted by molar-refractivity contribution is -0.137. The number of hydrogen-bond donors (Lipinski definition) is 0. The Labute approximate surface area is 151 Å². The molecule has 2 heterocycles. The smallest absolute Gasteiger partial charge is 0.416 e. The van der Waals surface area contributed by atoms with E-state index in [4.69, 9.17) is 4.74 Å². The number of carbonyl (C=O) groups is 1. The van der Waals surface area contributed by atoms with E-state index in [9.17, 15) is 18.0 Å². The summed E-state index contributed by atoms with van der Waals surface area (Å²) in [5, 5.41) is 1.63. The van der Waals surface area contributed by atoms with E-state index in [1.807, 2.05) is 4.57 Å². The molecule has 0 saturated heterocycles. The molecule has 0 fully saturated rings. The van der Waals surface area contributed by atoms with E-state index in [0.29, 0.717) is 11.3 Å². The Bertz CT molecular complexity index is 1160. The van der Waals surface area contributed by atoms with Gasteiger partial charge in [0.1, 0.15) is 0 Å². The number of halogens is 3. The first-order chi connectivity index (χ1) is 12.9. The van der Waals surface area contributed by atoms with E-state index in [2.05, 4.69) is 4.98 Å². The Morgan fingerprint density at radius 3 is 2.41 bits per heavy atom. The minimum atomic E-state index is -4.39. The van der Waals surface area contributed by atoms with Crippen LogP contribution in [-0.2, 0) is 10.9 Å². The highest BCUT2D eigenvalue weighted by Gasteiger charge is 2.30. The first-order valence-corrected chi connectivity index (χ1v) is 8.04. The quantitative estimate of drug-likeness (QED) is 0.467. The lowest BCUT2D eigenvalue weighted by Gasteiger charge is -2.10. The highest BCUT2D eigenvalue weighted by molar-refractivity contribution is 6.10. The molecule has 0 saturated carbocycles. The van der Waals surface area contributed by atoms with E-state index in [-0.39, 0.29) is 0 Å². The number of methoxy groups -OCH3 is 1. The molecular formula is C20H13F3N2O2. The van der Waals surface area contributed by atoms with Gasteiger partial charge in [-0.3, -0.25) is 4.98 Å². The summed E-state index contributed by atoms with van der Waals surface area (Å²) in [6.45, 7) is 0. The molecule has 4 aromatic rings. The predicted octanol–water partition coefficient (Wildman–Crippen LogP) is 4.98. The standard InChI is InChI=1S/C20H13F3N2O2/c1-27-19(26)12-2-7-17-16(10-12)15-8-9-24-11-18(15)25(17)14-5-3-13(4-6-14)20(21,22)23/h2-11H,1H3. The molecule has 0 aliphatic carbocycles. The van der Waals surface area contributed by atoms with E-state index >= 15 is 0 Å². The van der Waals surface area contributed by atoms with E-state index < -0.39 is 17.7 Å². The van der Waals surface area contributed by atoms with Crippen LogP contribution in [0.15, 0.2) is 60.9 Å². The number of ether oxygens (including phenoxy) is 1. The van der Waals surface area contributed by atoms with Gasteiger partial charge in [-0.15, -0.1) is 0 Å². The van der Waals surface area contributed by atoms with Crippen molar-refractivity contribution >= 4 is 27.8 Å². The Hall–Kier alpha value is -3.35. The van der Waals surface area contributed by atoms with Gasteiger partial charge >= 0.3 is 12.1 Å². The number of nitrogens with zero attached hydrogens (tertiary/aromatic N) is 2. The molecule has 27 heavy (non-hydrogen) atoms. The predicted molar refractivity (Wildman–Crippen MR) is 94.9 cm³/mol. The molecule has 2 aromatic carbocycles. The maximum absolute atomic E-state index is 12.9. The molecule has 136 valence electrons. The Morgan fingerprint density at radius 2 is 1.74 bits per heavy atom. The van der Waals surface area contributed by atoms with Crippen molar-refractivity contribution in [3.05, 3.63) is 72.1 Å². The third kappa shape index (κ3) is 2.81. The van der Waals surface area contributed by atoms with Gasteiger partial charge in [-0.2, -0.15) is 13.2 Å². The SMILES string of the molecule is COC(=O)c1ccc2c(c1)c1ccncc1n2-c1ccc(C(F)(F)F)cc1. The second-order valence-corrected chi connectivity index (χ2v) is 6.00. The van der Waals surface area contributed by atoms with Crippen LogP contribution in [0.4, 0.5) is 13.2 Å². The molecule has 4 rings (SSSR count). The number of carbonyl (C=O) groups excluding carboxylic acids is 1. The van der Waals surface area contributed by atoms with Gasteiger partial charge in [0, 0.05) is 22.7 Å². The van der Waals surface area contributed by atoms with Crippen LogP contribution in [0.3, 0.4) is 0 Å². The van der Waals surface area contributed by atoms with Gasteiger partial charge in [0.25, 0.3) is 0 Å². The van der Waals surface area contributed by atoms with Gasteiger partial charge in [-0.25, -0.2) is 4.79 Å². The number of fused-ring (bicyclic) bond motifs is 3. The minimum absolute atomic E-state index is 0.397. The van der Waals surface area contributed by atoms with E-state index in [1.54, 1.807) is 36.7 Å². The fourth-order valence-electron chi connectivity index (χ4n) is 3.19. The summed E-state index contributed by atoms with van der Waals surface area (Å²) in [5.74, 6) is -0.457. The van der Waals surface area contributed by atoms with Crippen molar-refractivity contribution in [2.24, 2.45) is 0 Å². The fraction of sp³-hybridized carbons (Fsp3) is 0.100. The van der Waals surface area contributed by atoms with Crippen molar-refractivity contribution in [1.29, 1.82) is 0 Å². The molecule has 0 amide bonds. The van der Waals surface area contributed by atoms with Crippen molar-refractivity contribution in [2.45, 2.75) is 6.18 Å². The molecule has 0 spiro atoms. The first kappa shape index (κ1) is 17.1. The second-order valence-electron chi connectivity index (χ2n) is 6.00.